The van der Waals surface area contributed by atoms with Crippen molar-refractivity contribution in [3.05, 3.63) is 39.1 Å². The number of nitro groups is 1. The Morgan fingerprint density at radius 3 is 2.72 bits per heavy atom. The molecular formula is C13H12N2O3. The molecule has 0 saturated carbocycles. The van der Waals surface area contributed by atoms with Gasteiger partial charge in [0.1, 0.15) is 0 Å². The first-order valence-corrected chi connectivity index (χ1v) is 5.81. The van der Waals surface area contributed by atoms with E-state index in [2.05, 4.69) is 0 Å². The SMILES string of the molecule is Cc1ccc2c(c3c(n2C)C(=O)CC3)c1[N+](=O)[O-]. The molecule has 1 aromatic carbocycles. The van der Waals surface area contributed by atoms with Crippen molar-refractivity contribution in [3.63, 3.8) is 0 Å². The lowest BCUT2D eigenvalue weighted by Gasteiger charge is -2.02. The molecule has 5 nitrogen and oxygen atoms in total. The highest BCUT2D eigenvalue weighted by Gasteiger charge is 2.31. The highest BCUT2D eigenvalue weighted by atomic mass is 16.6. The van der Waals surface area contributed by atoms with Crippen LogP contribution < -0.4 is 0 Å². The molecule has 0 atom stereocenters. The van der Waals surface area contributed by atoms with Crippen LogP contribution in [0.2, 0.25) is 0 Å². The van der Waals surface area contributed by atoms with Gasteiger partial charge in [-0.1, -0.05) is 6.07 Å². The van der Waals surface area contributed by atoms with E-state index in [4.69, 9.17) is 0 Å². The van der Waals surface area contributed by atoms with Gasteiger partial charge in [0.05, 0.1) is 21.5 Å². The smallest absolute Gasteiger partial charge is 0.281 e. The van der Waals surface area contributed by atoms with Crippen molar-refractivity contribution < 1.29 is 9.72 Å². The molecule has 1 aromatic heterocycles. The van der Waals surface area contributed by atoms with Crippen molar-refractivity contribution in [1.29, 1.82) is 0 Å². The van der Waals surface area contributed by atoms with Crippen LogP contribution in [0.15, 0.2) is 12.1 Å². The van der Waals surface area contributed by atoms with E-state index < -0.39 is 0 Å². The van der Waals surface area contributed by atoms with Crippen LogP contribution >= 0.6 is 0 Å². The number of nitrogens with zero attached hydrogens (tertiary/aromatic N) is 2. The average molecular weight is 244 g/mol. The Morgan fingerprint density at radius 2 is 2.06 bits per heavy atom. The first kappa shape index (κ1) is 11.0. The minimum atomic E-state index is -0.346. The quantitative estimate of drug-likeness (QED) is 0.572. The molecule has 0 fully saturated rings. The van der Waals surface area contributed by atoms with Gasteiger partial charge in [0.15, 0.2) is 5.78 Å². The number of nitro benzene ring substituents is 1. The maximum atomic E-state index is 11.8. The maximum absolute atomic E-state index is 11.8. The van der Waals surface area contributed by atoms with Gasteiger partial charge < -0.3 is 4.57 Å². The van der Waals surface area contributed by atoms with E-state index in [1.807, 2.05) is 6.07 Å². The number of carbonyl (C=O) groups is 1. The Kier molecular flexibility index (Phi) is 2.08. The number of hydrogen-bond donors (Lipinski definition) is 0. The van der Waals surface area contributed by atoms with E-state index in [1.54, 1.807) is 24.6 Å². The van der Waals surface area contributed by atoms with Gasteiger partial charge >= 0.3 is 0 Å². The lowest BCUT2D eigenvalue weighted by atomic mass is 10.1. The van der Waals surface area contributed by atoms with E-state index >= 15 is 0 Å². The summed E-state index contributed by atoms with van der Waals surface area (Å²) < 4.78 is 1.78. The number of ketones is 1. The zero-order valence-electron chi connectivity index (χ0n) is 10.2. The molecule has 1 aliphatic rings. The molecule has 0 spiro atoms. The molecule has 0 amide bonds. The highest BCUT2D eigenvalue weighted by molar-refractivity contribution is 6.08. The van der Waals surface area contributed by atoms with Crippen molar-refractivity contribution in [1.82, 2.24) is 4.57 Å². The van der Waals surface area contributed by atoms with E-state index in [-0.39, 0.29) is 16.4 Å². The van der Waals surface area contributed by atoms with Gasteiger partial charge in [0.25, 0.3) is 5.69 Å². The van der Waals surface area contributed by atoms with Crippen molar-refractivity contribution in [3.8, 4) is 0 Å². The first-order valence-electron chi connectivity index (χ1n) is 5.81. The van der Waals surface area contributed by atoms with Crippen LogP contribution in [-0.2, 0) is 13.5 Å². The van der Waals surface area contributed by atoms with Crippen molar-refractivity contribution in [2.75, 3.05) is 0 Å². The van der Waals surface area contributed by atoms with Crippen LogP contribution in [0.25, 0.3) is 10.9 Å². The van der Waals surface area contributed by atoms with E-state index in [1.165, 1.54) is 0 Å². The fourth-order valence-corrected chi connectivity index (χ4v) is 2.89. The van der Waals surface area contributed by atoms with Gasteiger partial charge in [-0.2, -0.15) is 0 Å². The monoisotopic (exact) mass is 244 g/mol. The molecule has 0 saturated heterocycles. The Bertz CT molecular complexity index is 713. The lowest BCUT2D eigenvalue weighted by molar-refractivity contribution is -0.383. The predicted octanol–water partition coefficient (Wildman–Crippen LogP) is 2.52. The number of benzene rings is 1. The summed E-state index contributed by atoms with van der Waals surface area (Å²) in [6.07, 6.45) is 1.06. The number of carbonyl (C=O) groups excluding carboxylic acids is 1. The average Bonchev–Trinajstić information content (AvgIpc) is 2.80. The molecule has 1 heterocycles. The third kappa shape index (κ3) is 1.19. The van der Waals surface area contributed by atoms with Gasteiger partial charge in [-0.25, -0.2) is 0 Å². The van der Waals surface area contributed by atoms with Crippen LogP contribution in [-0.4, -0.2) is 15.3 Å². The second-order valence-corrected chi connectivity index (χ2v) is 4.69. The molecule has 18 heavy (non-hydrogen) atoms. The normalized spacial score (nSPS) is 14.2. The molecule has 2 aromatic rings. The van der Waals surface area contributed by atoms with Gasteiger partial charge in [0.2, 0.25) is 0 Å². The summed E-state index contributed by atoms with van der Waals surface area (Å²) in [6.45, 7) is 1.73. The summed E-state index contributed by atoms with van der Waals surface area (Å²) in [5.74, 6) is 0.0793. The van der Waals surface area contributed by atoms with E-state index in [0.717, 1.165) is 11.1 Å². The number of aryl methyl sites for hydroxylation is 3. The van der Waals surface area contributed by atoms with Crippen LogP contribution in [0.4, 0.5) is 5.69 Å². The second-order valence-electron chi connectivity index (χ2n) is 4.69. The number of rotatable bonds is 1. The molecule has 0 radical (unpaired) electrons. The topological polar surface area (TPSA) is 65.1 Å². The third-order valence-electron chi connectivity index (χ3n) is 3.69. The zero-order chi connectivity index (χ0) is 13.0. The molecule has 0 unspecified atom stereocenters. The number of aromatic nitrogens is 1. The summed E-state index contributed by atoms with van der Waals surface area (Å²) in [5, 5.41) is 11.9. The molecule has 0 N–H and O–H groups in total. The standard InChI is InChI=1S/C13H12N2O3/c1-7-3-5-9-11(12(7)15(17)18)8-4-6-10(16)13(8)14(9)2/h3,5H,4,6H2,1-2H3. The summed E-state index contributed by atoms with van der Waals surface area (Å²) in [5.41, 5.74) is 3.02. The Labute approximate surface area is 103 Å². The van der Waals surface area contributed by atoms with Crippen LogP contribution in [0.1, 0.15) is 28.0 Å². The predicted molar refractivity (Wildman–Crippen MR) is 67.0 cm³/mol. The summed E-state index contributed by atoms with van der Waals surface area (Å²) >= 11 is 0. The highest BCUT2D eigenvalue weighted by Crippen LogP contribution is 2.39. The van der Waals surface area contributed by atoms with Crippen LogP contribution in [0.5, 0.6) is 0 Å². The molecule has 0 bridgehead atoms. The minimum absolute atomic E-state index is 0.0793. The van der Waals surface area contributed by atoms with Gasteiger partial charge in [-0.05, 0) is 25.0 Å². The molecule has 0 aliphatic heterocycles. The zero-order valence-corrected chi connectivity index (χ0v) is 10.2. The molecule has 3 rings (SSSR count). The van der Waals surface area contributed by atoms with Gasteiger partial charge in [-0.3, -0.25) is 14.9 Å². The molecular weight excluding hydrogens is 232 g/mol. The van der Waals surface area contributed by atoms with Crippen molar-refractivity contribution in [2.24, 2.45) is 7.05 Å². The first-order chi connectivity index (χ1) is 8.52. The second kappa shape index (κ2) is 3.41. The van der Waals surface area contributed by atoms with E-state index in [9.17, 15) is 14.9 Å². The lowest BCUT2D eigenvalue weighted by Crippen LogP contribution is -2.01. The maximum Gasteiger partial charge on any atom is 0.281 e. The summed E-state index contributed by atoms with van der Waals surface area (Å²) in [7, 11) is 1.80. The molecule has 92 valence electrons. The minimum Gasteiger partial charge on any atom is -0.341 e. The fourth-order valence-electron chi connectivity index (χ4n) is 2.89. The van der Waals surface area contributed by atoms with Crippen molar-refractivity contribution in [2.45, 2.75) is 19.8 Å². The Hall–Kier alpha value is -2.17. The molecule has 1 aliphatic carbocycles. The summed E-state index contributed by atoms with van der Waals surface area (Å²) in [6, 6.07) is 3.59. The molecule has 5 heteroatoms. The fraction of sp³-hybridized carbons (Fsp3) is 0.308. The Balaban J connectivity index is 2.53. The third-order valence-corrected chi connectivity index (χ3v) is 3.69. The summed E-state index contributed by atoms with van der Waals surface area (Å²) in [4.78, 5) is 22.7. The van der Waals surface area contributed by atoms with Gasteiger partial charge in [-0.15, -0.1) is 0 Å². The Morgan fingerprint density at radius 1 is 1.33 bits per heavy atom. The van der Waals surface area contributed by atoms with Gasteiger partial charge in [0, 0.05) is 19.0 Å². The van der Waals surface area contributed by atoms with E-state index in [0.29, 0.717) is 29.5 Å². The number of hydrogen-bond acceptors (Lipinski definition) is 3. The van der Waals surface area contributed by atoms with Crippen LogP contribution in [0, 0.1) is 17.0 Å². The van der Waals surface area contributed by atoms with Crippen molar-refractivity contribution >= 4 is 22.4 Å². The largest absolute Gasteiger partial charge is 0.341 e. The number of Topliss-reactive ketones (excluding diaryl/α,β-unsaturated/α-hetero) is 1. The van der Waals surface area contributed by atoms with Crippen LogP contribution in [0.3, 0.4) is 0 Å². The number of fused-ring (bicyclic) bond motifs is 3.